The summed E-state index contributed by atoms with van der Waals surface area (Å²) in [6, 6.07) is 5.60. The van der Waals surface area contributed by atoms with Crippen LogP contribution in [0.2, 0.25) is 0 Å². The van der Waals surface area contributed by atoms with Gasteiger partial charge in [-0.3, -0.25) is 9.59 Å². The van der Waals surface area contributed by atoms with Crippen LogP contribution in [0.25, 0.3) is 0 Å². The molecule has 0 spiro atoms. The molecule has 1 heterocycles. The predicted octanol–water partition coefficient (Wildman–Crippen LogP) is 2.74. The molecule has 4 heteroatoms. The maximum Gasteiger partial charge on any atom is 0.299 e. The van der Waals surface area contributed by atoms with E-state index in [4.69, 9.17) is 0 Å². The second-order valence-corrected chi connectivity index (χ2v) is 5.72. The lowest BCUT2D eigenvalue weighted by Gasteiger charge is -2.12. The summed E-state index contributed by atoms with van der Waals surface area (Å²) in [5.74, 6) is -0.840. The minimum absolute atomic E-state index is 0.400. The molecule has 3 nitrogen and oxygen atoms in total. The van der Waals surface area contributed by atoms with Gasteiger partial charge in [0.25, 0.3) is 11.7 Å². The number of likely N-dealkylation sites (N-methyl/N-ethyl adjacent to an activating group) is 1. The molecule has 2 rings (SSSR count). The number of fused-ring (bicyclic) bond motifs is 1. The van der Waals surface area contributed by atoms with Gasteiger partial charge >= 0.3 is 0 Å². The summed E-state index contributed by atoms with van der Waals surface area (Å²) in [7, 11) is 1.64. The average molecular weight is 249 g/mol. The fourth-order valence-electron chi connectivity index (χ4n) is 1.75. The second kappa shape index (κ2) is 4.53. The van der Waals surface area contributed by atoms with Crippen LogP contribution in [0.3, 0.4) is 0 Å². The minimum atomic E-state index is -0.439. The molecule has 1 aliphatic rings. The van der Waals surface area contributed by atoms with E-state index in [0.717, 1.165) is 17.0 Å². The smallest absolute Gasteiger partial charge is 0.299 e. The Labute approximate surface area is 105 Å². The van der Waals surface area contributed by atoms with E-state index in [9.17, 15) is 9.59 Å². The van der Waals surface area contributed by atoms with Crippen LogP contribution in [-0.2, 0) is 4.79 Å². The van der Waals surface area contributed by atoms with Crippen molar-refractivity contribution in [3.63, 3.8) is 0 Å². The first kappa shape index (κ1) is 12.2. The van der Waals surface area contributed by atoms with Gasteiger partial charge in [0.15, 0.2) is 0 Å². The first-order valence-electron chi connectivity index (χ1n) is 5.67. The third-order valence-electron chi connectivity index (χ3n) is 2.99. The molecular formula is C13H15NO2S. The first-order chi connectivity index (χ1) is 8.04. The number of hydrogen-bond acceptors (Lipinski definition) is 3. The summed E-state index contributed by atoms with van der Waals surface area (Å²) in [6.45, 7) is 4.31. The standard InChI is InChI=1S/C13H15NO2S/c1-4-8(2)17-9-5-6-10-11(7-9)14(3)13(16)12(10)15/h5-8H,4H2,1-3H3. The van der Waals surface area contributed by atoms with Gasteiger partial charge in [0.2, 0.25) is 0 Å². The van der Waals surface area contributed by atoms with E-state index < -0.39 is 11.7 Å². The first-order valence-corrected chi connectivity index (χ1v) is 6.55. The lowest BCUT2D eigenvalue weighted by atomic mass is 10.1. The second-order valence-electron chi connectivity index (χ2n) is 4.21. The Balaban J connectivity index is 2.33. The number of hydrogen-bond donors (Lipinski definition) is 0. The molecule has 0 N–H and O–H groups in total. The molecule has 17 heavy (non-hydrogen) atoms. The maximum absolute atomic E-state index is 11.6. The highest BCUT2D eigenvalue weighted by molar-refractivity contribution is 7.99. The van der Waals surface area contributed by atoms with Crippen LogP contribution < -0.4 is 4.90 Å². The van der Waals surface area contributed by atoms with E-state index in [1.54, 1.807) is 24.9 Å². The molecule has 1 unspecified atom stereocenters. The van der Waals surface area contributed by atoms with Gasteiger partial charge in [-0.2, -0.15) is 0 Å². The lowest BCUT2D eigenvalue weighted by molar-refractivity contribution is -0.114. The number of carbonyl (C=O) groups excluding carboxylic acids is 2. The number of carbonyl (C=O) groups is 2. The van der Waals surface area contributed by atoms with Gasteiger partial charge in [0.1, 0.15) is 0 Å². The van der Waals surface area contributed by atoms with Gasteiger partial charge in [-0.05, 0) is 24.6 Å². The summed E-state index contributed by atoms with van der Waals surface area (Å²) >= 11 is 1.76. The van der Waals surface area contributed by atoms with Crippen molar-refractivity contribution in [3.05, 3.63) is 23.8 Å². The Morgan fingerprint density at radius 3 is 2.71 bits per heavy atom. The van der Waals surface area contributed by atoms with E-state index in [1.807, 2.05) is 12.1 Å². The number of thioether (sulfide) groups is 1. The number of nitrogens with zero attached hydrogens (tertiary/aromatic N) is 1. The van der Waals surface area contributed by atoms with Crippen molar-refractivity contribution in [1.29, 1.82) is 0 Å². The van der Waals surface area contributed by atoms with Crippen LogP contribution in [0.4, 0.5) is 5.69 Å². The Hall–Kier alpha value is -1.29. The number of rotatable bonds is 3. The SMILES string of the molecule is CCC(C)Sc1ccc2c(c1)N(C)C(=O)C2=O. The van der Waals surface area contributed by atoms with Crippen molar-refractivity contribution < 1.29 is 9.59 Å². The van der Waals surface area contributed by atoms with Crippen molar-refractivity contribution >= 4 is 29.1 Å². The van der Waals surface area contributed by atoms with Crippen molar-refractivity contribution in [2.45, 2.75) is 30.4 Å². The fourth-order valence-corrected chi connectivity index (χ4v) is 2.70. The zero-order valence-corrected chi connectivity index (χ0v) is 11.0. The lowest BCUT2D eigenvalue weighted by Crippen LogP contribution is -2.24. The molecule has 1 aromatic rings. The average Bonchev–Trinajstić information content (AvgIpc) is 2.54. The molecule has 1 amide bonds. The minimum Gasteiger partial charge on any atom is -0.308 e. The summed E-state index contributed by atoms with van der Waals surface area (Å²) in [5.41, 5.74) is 1.25. The summed E-state index contributed by atoms with van der Waals surface area (Å²) < 4.78 is 0. The zero-order valence-electron chi connectivity index (χ0n) is 10.2. The number of amides is 1. The highest BCUT2D eigenvalue weighted by Crippen LogP contribution is 2.34. The third-order valence-corrected chi connectivity index (χ3v) is 4.25. The molecular weight excluding hydrogens is 234 g/mol. The van der Waals surface area contributed by atoms with Gasteiger partial charge in [-0.15, -0.1) is 11.8 Å². The van der Waals surface area contributed by atoms with Gasteiger partial charge in [-0.1, -0.05) is 13.8 Å². The molecule has 0 saturated heterocycles. The van der Waals surface area contributed by atoms with E-state index in [-0.39, 0.29) is 0 Å². The van der Waals surface area contributed by atoms with Crippen LogP contribution in [0.15, 0.2) is 23.1 Å². The van der Waals surface area contributed by atoms with Crippen molar-refractivity contribution in [2.24, 2.45) is 0 Å². The molecule has 1 atom stereocenters. The Morgan fingerprint density at radius 2 is 2.06 bits per heavy atom. The quantitative estimate of drug-likeness (QED) is 0.610. The van der Waals surface area contributed by atoms with Gasteiger partial charge in [-0.25, -0.2) is 0 Å². The van der Waals surface area contributed by atoms with E-state index >= 15 is 0 Å². The highest BCUT2D eigenvalue weighted by Gasteiger charge is 2.33. The fraction of sp³-hybridized carbons (Fsp3) is 0.385. The summed E-state index contributed by atoms with van der Waals surface area (Å²) in [5, 5.41) is 0.533. The van der Waals surface area contributed by atoms with Crippen LogP contribution in [-0.4, -0.2) is 24.0 Å². The van der Waals surface area contributed by atoms with Crippen molar-refractivity contribution in [2.75, 3.05) is 11.9 Å². The number of Topliss-reactive ketones (excluding diaryl/α,β-unsaturated/α-hetero) is 1. The Morgan fingerprint density at radius 1 is 1.35 bits per heavy atom. The number of benzene rings is 1. The third kappa shape index (κ3) is 2.09. The van der Waals surface area contributed by atoms with Crippen LogP contribution >= 0.6 is 11.8 Å². The van der Waals surface area contributed by atoms with E-state index in [1.165, 1.54) is 4.90 Å². The largest absolute Gasteiger partial charge is 0.308 e. The number of anilines is 1. The summed E-state index contributed by atoms with van der Waals surface area (Å²) in [4.78, 5) is 25.7. The molecule has 0 radical (unpaired) electrons. The number of ketones is 1. The predicted molar refractivity (Wildman–Crippen MR) is 69.8 cm³/mol. The molecule has 0 aliphatic carbocycles. The van der Waals surface area contributed by atoms with Gasteiger partial charge in [0.05, 0.1) is 11.3 Å². The monoisotopic (exact) mass is 249 g/mol. The van der Waals surface area contributed by atoms with Crippen molar-refractivity contribution in [3.8, 4) is 0 Å². The molecule has 1 aliphatic heterocycles. The normalized spacial score (nSPS) is 16.3. The summed E-state index contributed by atoms with van der Waals surface area (Å²) in [6.07, 6.45) is 1.09. The zero-order chi connectivity index (χ0) is 12.6. The van der Waals surface area contributed by atoms with Crippen LogP contribution in [0.5, 0.6) is 0 Å². The molecule has 0 fully saturated rings. The molecule has 0 saturated carbocycles. The maximum atomic E-state index is 11.6. The molecule has 1 aromatic carbocycles. The Bertz CT molecular complexity index is 484. The molecule has 90 valence electrons. The van der Waals surface area contributed by atoms with Gasteiger partial charge < -0.3 is 4.90 Å². The topological polar surface area (TPSA) is 37.4 Å². The van der Waals surface area contributed by atoms with Crippen LogP contribution in [0, 0.1) is 0 Å². The molecule has 0 aromatic heterocycles. The highest BCUT2D eigenvalue weighted by atomic mass is 32.2. The molecule has 0 bridgehead atoms. The van der Waals surface area contributed by atoms with Crippen molar-refractivity contribution in [1.82, 2.24) is 0 Å². The van der Waals surface area contributed by atoms with E-state index in [0.29, 0.717) is 10.8 Å². The van der Waals surface area contributed by atoms with Crippen LogP contribution in [0.1, 0.15) is 30.6 Å². The van der Waals surface area contributed by atoms with Gasteiger partial charge in [0, 0.05) is 17.2 Å². The van der Waals surface area contributed by atoms with E-state index in [2.05, 4.69) is 13.8 Å². The Kier molecular flexibility index (Phi) is 3.24.